The Bertz CT molecular complexity index is 828. The lowest BCUT2D eigenvalue weighted by atomic mass is 9.99. The summed E-state index contributed by atoms with van der Waals surface area (Å²) in [4.78, 5) is 16.1. The van der Waals surface area contributed by atoms with Crippen LogP contribution in [0.1, 0.15) is 13.8 Å². The quantitative estimate of drug-likeness (QED) is 0.790. The van der Waals surface area contributed by atoms with E-state index >= 15 is 0 Å². The third kappa shape index (κ3) is 2.98. The van der Waals surface area contributed by atoms with Gasteiger partial charge in [-0.15, -0.1) is 0 Å². The molecule has 5 nitrogen and oxygen atoms in total. The van der Waals surface area contributed by atoms with Crippen molar-refractivity contribution in [2.45, 2.75) is 19.4 Å². The second kappa shape index (κ2) is 6.24. The van der Waals surface area contributed by atoms with Crippen molar-refractivity contribution in [2.24, 2.45) is 5.92 Å². The Hall–Kier alpha value is -2.69. The van der Waals surface area contributed by atoms with Gasteiger partial charge in [0.05, 0.1) is 25.3 Å². The van der Waals surface area contributed by atoms with Gasteiger partial charge in [0, 0.05) is 24.5 Å². The highest BCUT2D eigenvalue weighted by Crippen LogP contribution is 2.41. The van der Waals surface area contributed by atoms with Gasteiger partial charge in [0.25, 0.3) is 0 Å². The first-order chi connectivity index (χ1) is 12.5. The lowest BCUT2D eigenvalue weighted by Crippen LogP contribution is -2.51. The fourth-order valence-electron chi connectivity index (χ4n) is 3.66. The smallest absolute Gasteiger partial charge is 0.312 e. The number of hydrogen-bond donors (Lipinski definition) is 0. The number of hydrogen-bond acceptors (Lipinski definition) is 5. The summed E-state index contributed by atoms with van der Waals surface area (Å²) < 4.78 is 11.0. The van der Waals surface area contributed by atoms with Gasteiger partial charge in [0.1, 0.15) is 11.4 Å². The average Bonchev–Trinajstić information content (AvgIpc) is 2.59. The van der Waals surface area contributed by atoms with E-state index in [1.54, 1.807) is 0 Å². The largest absolute Gasteiger partial charge is 0.484 e. The summed E-state index contributed by atoms with van der Waals surface area (Å²) in [7, 11) is 1.45. The second-order valence-electron chi connectivity index (χ2n) is 7.56. The van der Waals surface area contributed by atoms with Gasteiger partial charge >= 0.3 is 5.97 Å². The molecule has 2 aromatic carbocycles. The summed E-state index contributed by atoms with van der Waals surface area (Å²) in [6, 6.07) is 16.6. The molecule has 4 rings (SSSR count). The number of methoxy groups -OCH3 is 1. The molecule has 1 saturated heterocycles. The predicted octanol–water partition coefficient (Wildman–Crippen LogP) is 3.60. The summed E-state index contributed by atoms with van der Waals surface area (Å²) in [5.74, 6) is 0.761. The molecule has 0 amide bonds. The van der Waals surface area contributed by atoms with Gasteiger partial charge in [-0.1, -0.05) is 18.2 Å². The van der Waals surface area contributed by atoms with Crippen LogP contribution in [0.5, 0.6) is 5.75 Å². The molecule has 0 bridgehead atoms. The van der Waals surface area contributed by atoms with E-state index < -0.39 is 0 Å². The first-order valence-corrected chi connectivity index (χ1v) is 8.95. The zero-order valence-electron chi connectivity index (χ0n) is 15.4. The highest BCUT2D eigenvalue weighted by atomic mass is 16.5. The Morgan fingerprint density at radius 1 is 1.12 bits per heavy atom. The molecule has 0 N–H and O–H groups in total. The van der Waals surface area contributed by atoms with Crippen molar-refractivity contribution in [3.05, 3.63) is 48.5 Å². The summed E-state index contributed by atoms with van der Waals surface area (Å²) >= 11 is 0. The van der Waals surface area contributed by atoms with Crippen molar-refractivity contribution < 1.29 is 14.3 Å². The molecule has 0 spiro atoms. The summed E-state index contributed by atoms with van der Waals surface area (Å²) in [5.41, 5.74) is 3.08. The molecule has 136 valence electrons. The topological polar surface area (TPSA) is 42.0 Å². The van der Waals surface area contributed by atoms with Crippen LogP contribution < -0.4 is 14.5 Å². The van der Waals surface area contributed by atoms with E-state index in [0.29, 0.717) is 13.1 Å². The molecule has 1 fully saturated rings. The van der Waals surface area contributed by atoms with Gasteiger partial charge in [0.15, 0.2) is 0 Å². The third-order valence-electron chi connectivity index (χ3n) is 5.00. The Labute approximate surface area is 154 Å². The van der Waals surface area contributed by atoms with E-state index in [1.807, 2.05) is 18.2 Å². The second-order valence-corrected chi connectivity index (χ2v) is 7.56. The Morgan fingerprint density at radius 2 is 1.85 bits per heavy atom. The first kappa shape index (κ1) is 16.8. The number of anilines is 3. The minimum atomic E-state index is -0.267. The molecule has 0 aliphatic carbocycles. The van der Waals surface area contributed by atoms with E-state index in [-0.39, 0.29) is 17.5 Å². The van der Waals surface area contributed by atoms with Gasteiger partial charge in [0.2, 0.25) is 0 Å². The van der Waals surface area contributed by atoms with Crippen LogP contribution in [0.2, 0.25) is 0 Å². The van der Waals surface area contributed by atoms with E-state index in [1.165, 1.54) is 7.11 Å². The van der Waals surface area contributed by atoms with E-state index in [0.717, 1.165) is 29.4 Å². The maximum Gasteiger partial charge on any atom is 0.312 e. The minimum Gasteiger partial charge on any atom is -0.484 e. The number of carbonyl (C=O) groups excluding carboxylic acids is 1. The van der Waals surface area contributed by atoms with Crippen molar-refractivity contribution in [1.82, 2.24) is 0 Å². The number of para-hydroxylation sites is 2. The monoisotopic (exact) mass is 352 g/mol. The van der Waals surface area contributed by atoms with Gasteiger partial charge < -0.3 is 19.3 Å². The van der Waals surface area contributed by atoms with Crippen molar-refractivity contribution in [3.8, 4) is 5.75 Å². The van der Waals surface area contributed by atoms with Gasteiger partial charge in [-0.2, -0.15) is 0 Å². The molecule has 0 atom stereocenters. The molecule has 2 aliphatic heterocycles. The number of ether oxygens (including phenoxy) is 2. The molecule has 0 unspecified atom stereocenters. The van der Waals surface area contributed by atoms with Gasteiger partial charge in [-0.05, 0) is 44.2 Å². The molecule has 2 aliphatic rings. The average molecular weight is 352 g/mol. The molecule has 2 aromatic rings. The molecule has 5 heteroatoms. The summed E-state index contributed by atoms with van der Waals surface area (Å²) in [5, 5.41) is 0. The number of fused-ring (bicyclic) bond motifs is 1. The number of carbonyl (C=O) groups is 1. The van der Waals surface area contributed by atoms with Gasteiger partial charge in [-0.25, -0.2) is 0 Å². The Balaban J connectivity index is 1.60. The fraction of sp³-hybridized carbons (Fsp3) is 0.381. The van der Waals surface area contributed by atoms with Crippen LogP contribution >= 0.6 is 0 Å². The van der Waals surface area contributed by atoms with Gasteiger partial charge in [-0.3, -0.25) is 4.79 Å². The molecule has 0 saturated carbocycles. The number of nitrogens with zero attached hydrogens (tertiary/aromatic N) is 2. The molecular weight excluding hydrogens is 328 g/mol. The van der Waals surface area contributed by atoms with Crippen molar-refractivity contribution in [3.63, 3.8) is 0 Å². The van der Waals surface area contributed by atoms with Crippen LogP contribution in [-0.4, -0.2) is 38.3 Å². The van der Waals surface area contributed by atoms with Crippen LogP contribution in [0.25, 0.3) is 0 Å². The normalized spacial score (nSPS) is 18.6. The first-order valence-electron chi connectivity index (χ1n) is 8.95. The van der Waals surface area contributed by atoms with Crippen LogP contribution in [-0.2, 0) is 9.53 Å². The Morgan fingerprint density at radius 3 is 2.62 bits per heavy atom. The van der Waals surface area contributed by atoms with E-state index in [9.17, 15) is 4.79 Å². The zero-order valence-corrected chi connectivity index (χ0v) is 15.4. The fourth-order valence-corrected chi connectivity index (χ4v) is 3.66. The highest BCUT2D eigenvalue weighted by Gasteiger charge is 2.35. The van der Waals surface area contributed by atoms with E-state index in [2.05, 4.69) is 54.0 Å². The zero-order chi connectivity index (χ0) is 18.3. The molecule has 2 heterocycles. The lowest BCUT2D eigenvalue weighted by Gasteiger charge is -2.42. The maximum atomic E-state index is 11.6. The predicted molar refractivity (Wildman–Crippen MR) is 102 cm³/mol. The van der Waals surface area contributed by atoms with Crippen LogP contribution in [0, 0.1) is 5.92 Å². The molecular formula is C21H24N2O3. The van der Waals surface area contributed by atoms with Crippen molar-refractivity contribution >= 4 is 23.0 Å². The van der Waals surface area contributed by atoms with Crippen molar-refractivity contribution in [2.75, 3.05) is 36.5 Å². The number of benzene rings is 2. The number of esters is 1. The SMILES string of the molecule is COC(=O)C1CN(c2cccc(N3CC(C)(C)Oc4ccccc43)c2)C1. The van der Waals surface area contributed by atoms with Crippen LogP contribution in [0.4, 0.5) is 17.1 Å². The Kier molecular flexibility index (Phi) is 4.02. The molecule has 0 aromatic heterocycles. The number of rotatable bonds is 3. The standard InChI is InChI=1S/C21H24N2O3/c1-21(2)14-23(18-9-4-5-10-19(18)26-21)17-8-6-7-16(11-17)22-12-15(13-22)20(24)25-3/h4-11,15H,12-14H2,1-3H3. The van der Waals surface area contributed by atoms with Crippen molar-refractivity contribution in [1.29, 1.82) is 0 Å². The third-order valence-corrected chi connectivity index (χ3v) is 5.00. The summed E-state index contributed by atoms with van der Waals surface area (Å²) in [6.07, 6.45) is 0. The van der Waals surface area contributed by atoms with Crippen LogP contribution in [0.15, 0.2) is 48.5 Å². The van der Waals surface area contributed by atoms with E-state index in [4.69, 9.17) is 9.47 Å². The highest BCUT2D eigenvalue weighted by molar-refractivity contribution is 5.78. The maximum absolute atomic E-state index is 11.6. The summed E-state index contributed by atoms with van der Waals surface area (Å²) in [6.45, 7) is 6.41. The molecule has 0 radical (unpaired) electrons. The molecule has 26 heavy (non-hydrogen) atoms. The lowest BCUT2D eigenvalue weighted by molar-refractivity contribution is -0.146. The minimum absolute atomic E-state index is 0.0216. The van der Waals surface area contributed by atoms with Crippen LogP contribution in [0.3, 0.4) is 0 Å².